The lowest BCUT2D eigenvalue weighted by molar-refractivity contribution is 0.115. The number of nitrogens with one attached hydrogen (secondary N) is 1. The molecule has 0 aliphatic carbocycles. The second kappa shape index (κ2) is 6.64. The van der Waals surface area contributed by atoms with E-state index in [2.05, 4.69) is 43.4 Å². The van der Waals surface area contributed by atoms with Gasteiger partial charge in [0.15, 0.2) is 0 Å². The van der Waals surface area contributed by atoms with E-state index in [9.17, 15) is 9.90 Å². The van der Waals surface area contributed by atoms with Crippen LogP contribution in [0, 0.1) is 0 Å². The van der Waals surface area contributed by atoms with Crippen LogP contribution in [-0.2, 0) is 6.42 Å². The highest BCUT2D eigenvalue weighted by Crippen LogP contribution is 2.38. The molecule has 0 saturated heterocycles. The van der Waals surface area contributed by atoms with E-state index in [0.717, 1.165) is 16.9 Å². The number of carboxylic acid groups (broad SMARTS) is 1. The van der Waals surface area contributed by atoms with Crippen LogP contribution < -0.4 is 10.1 Å². The van der Waals surface area contributed by atoms with Gasteiger partial charge in [0.2, 0.25) is 5.88 Å². The maximum Gasteiger partial charge on any atom is 0.407 e. The van der Waals surface area contributed by atoms with Crippen LogP contribution in [-0.4, -0.2) is 52.1 Å². The van der Waals surface area contributed by atoms with E-state index in [1.165, 1.54) is 10.5 Å². The van der Waals surface area contributed by atoms with E-state index >= 15 is 0 Å². The molecule has 2 aliphatic rings. The van der Waals surface area contributed by atoms with Gasteiger partial charge in [-0.2, -0.15) is 0 Å². The lowest BCUT2D eigenvalue weighted by Gasteiger charge is -2.35. The lowest BCUT2D eigenvalue weighted by Crippen LogP contribution is -2.45. The number of hydrogen-bond acceptors (Lipinski definition) is 4. The summed E-state index contributed by atoms with van der Waals surface area (Å²) < 4.78 is 7.78. The molecule has 1 aromatic heterocycles. The number of ether oxygens (including phenoxy) is 1. The molecule has 7 heteroatoms. The van der Waals surface area contributed by atoms with E-state index in [0.29, 0.717) is 44.5 Å². The Morgan fingerprint density at radius 1 is 1.35 bits per heavy atom. The maximum absolute atomic E-state index is 11.7. The summed E-state index contributed by atoms with van der Waals surface area (Å²) in [5, 5.41) is 17.6. The van der Waals surface area contributed by atoms with Crippen LogP contribution in [0.5, 0.6) is 5.88 Å². The van der Waals surface area contributed by atoms with Crippen LogP contribution in [0.2, 0.25) is 0 Å². The molecular weight excluding hydrogens is 332 g/mol. The van der Waals surface area contributed by atoms with E-state index in [-0.39, 0.29) is 6.04 Å². The highest BCUT2D eigenvalue weighted by atomic mass is 16.5. The average molecular weight is 356 g/mol. The topological polar surface area (TPSA) is 79.6 Å². The summed E-state index contributed by atoms with van der Waals surface area (Å²) >= 11 is 0. The summed E-state index contributed by atoms with van der Waals surface area (Å²) in [6.45, 7) is 6.58. The van der Waals surface area contributed by atoms with Crippen molar-refractivity contribution in [1.29, 1.82) is 0 Å². The molecule has 2 aliphatic heterocycles. The van der Waals surface area contributed by atoms with Crippen molar-refractivity contribution in [2.24, 2.45) is 0 Å². The van der Waals surface area contributed by atoms with Gasteiger partial charge in [-0.1, -0.05) is 26.0 Å². The molecule has 0 radical (unpaired) electrons. The summed E-state index contributed by atoms with van der Waals surface area (Å²) in [5.74, 6) is 1.04. The van der Waals surface area contributed by atoms with Crippen molar-refractivity contribution in [3.8, 4) is 11.6 Å². The minimum Gasteiger partial charge on any atom is -0.475 e. The van der Waals surface area contributed by atoms with Gasteiger partial charge in [-0.3, -0.25) is 4.90 Å². The Morgan fingerprint density at radius 3 is 2.81 bits per heavy atom. The quantitative estimate of drug-likeness (QED) is 0.864. The average Bonchev–Trinajstić information content (AvgIpc) is 2.97. The highest BCUT2D eigenvalue weighted by molar-refractivity contribution is 5.67. The van der Waals surface area contributed by atoms with Gasteiger partial charge in [-0.25, -0.2) is 9.48 Å². The van der Waals surface area contributed by atoms with Crippen molar-refractivity contribution in [1.82, 2.24) is 20.0 Å². The molecule has 0 fully saturated rings. The lowest BCUT2D eigenvalue weighted by atomic mass is 9.98. The normalized spacial score (nSPS) is 19.5. The maximum atomic E-state index is 11.7. The molecule has 1 aromatic carbocycles. The Balaban J connectivity index is 1.80. The van der Waals surface area contributed by atoms with Gasteiger partial charge in [0.05, 0.1) is 23.0 Å². The van der Waals surface area contributed by atoms with Crippen LogP contribution in [0.1, 0.15) is 42.6 Å². The largest absolute Gasteiger partial charge is 0.475 e. The fourth-order valence-corrected chi connectivity index (χ4v) is 3.78. The van der Waals surface area contributed by atoms with Crippen LogP contribution in [0.15, 0.2) is 24.3 Å². The molecule has 138 valence electrons. The van der Waals surface area contributed by atoms with Crippen molar-refractivity contribution in [3.63, 3.8) is 0 Å². The molecule has 1 amide bonds. The summed E-state index contributed by atoms with van der Waals surface area (Å²) in [6, 6.07) is 8.12. The Kier molecular flexibility index (Phi) is 4.32. The third-order valence-corrected chi connectivity index (χ3v) is 5.19. The van der Waals surface area contributed by atoms with Gasteiger partial charge in [0.1, 0.15) is 6.61 Å². The van der Waals surface area contributed by atoms with Crippen molar-refractivity contribution in [2.75, 3.05) is 26.2 Å². The molecule has 3 heterocycles. The van der Waals surface area contributed by atoms with E-state index in [1.54, 1.807) is 0 Å². The molecule has 0 bridgehead atoms. The zero-order chi connectivity index (χ0) is 18.3. The molecule has 1 atom stereocenters. The van der Waals surface area contributed by atoms with Crippen molar-refractivity contribution >= 4 is 6.09 Å². The van der Waals surface area contributed by atoms with Gasteiger partial charge in [-0.05, 0) is 23.6 Å². The predicted octanol–water partition coefficient (Wildman–Crippen LogP) is 2.55. The third kappa shape index (κ3) is 2.82. The molecule has 0 saturated carbocycles. The smallest absolute Gasteiger partial charge is 0.407 e. The molecular formula is C19H24N4O3. The van der Waals surface area contributed by atoms with Crippen LogP contribution in [0.4, 0.5) is 4.79 Å². The van der Waals surface area contributed by atoms with Gasteiger partial charge in [0.25, 0.3) is 0 Å². The van der Waals surface area contributed by atoms with Crippen molar-refractivity contribution < 1.29 is 14.6 Å². The molecule has 0 spiro atoms. The van der Waals surface area contributed by atoms with Gasteiger partial charge >= 0.3 is 6.09 Å². The molecule has 26 heavy (non-hydrogen) atoms. The monoisotopic (exact) mass is 356 g/mol. The number of benzene rings is 1. The molecule has 2 aromatic rings. The summed E-state index contributed by atoms with van der Waals surface area (Å²) in [6.07, 6.45) is -0.275. The molecule has 7 nitrogen and oxygen atoms in total. The van der Waals surface area contributed by atoms with E-state index in [4.69, 9.17) is 9.84 Å². The Morgan fingerprint density at radius 2 is 2.12 bits per heavy atom. The standard InChI is InChI=1S/C19H24N4O3/c1-12(2)13-3-5-14(6-4-13)23-15-7-9-22(19(24)25)16-11-20-8-10-26-18(21-23)17(15)16/h3-6,12,16,20H,7-11H2,1-2H3,(H,24,25). The van der Waals surface area contributed by atoms with E-state index < -0.39 is 6.09 Å². The highest BCUT2D eigenvalue weighted by Gasteiger charge is 2.37. The van der Waals surface area contributed by atoms with Gasteiger partial charge in [-0.15, -0.1) is 5.10 Å². The Bertz CT molecular complexity index is 813. The van der Waals surface area contributed by atoms with Crippen molar-refractivity contribution in [2.45, 2.75) is 32.2 Å². The number of carbonyl (C=O) groups is 1. The number of aromatic nitrogens is 2. The van der Waals surface area contributed by atoms with Gasteiger partial charge in [0, 0.05) is 26.1 Å². The summed E-state index contributed by atoms with van der Waals surface area (Å²) in [4.78, 5) is 13.2. The zero-order valence-electron chi connectivity index (χ0n) is 15.1. The summed E-state index contributed by atoms with van der Waals surface area (Å²) in [7, 11) is 0. The Hall–Kier alpha value is -2.54. The number of nitrogens with zero attached hydrogens (tertiary/aromatic N) is 3. The fraction of sp³-hybridized carbons (Fsp3) is 0.474. The minimum atomic E-state index is -0.900. The third-order valence-electron chi connectivity index (χ3n) is 5.19. The van der Waals surface area contributed by atoms with Crippen molar-refractivity contribution in [3.05, 3.63) is 41.1 Å². The second-order valence-electron chi connectivity index (χ2n) is 7.12. The van der Waals surface area contributed by atoms with Crippen LogP contribution in [0.3, 0.4) is 0 Å². The van der Waals surface area contributed by atoms with E-state index in [1.807, 2.05) is 4.68 Å². The SMILES string of the molecule is CC(C)c1ccc(-n2nc3c4c2CCN(C(=O)O)C4CNCCO3)cc1. The zero-order valence-corrected chi connectivity index (χ0v) is 15.1. The molecule has 2 N–H and O–H groups in total. The number of hydrogen-bond donors (Lipinski definition) is 2. The summed E-state index contributed by atoms with van der Waals surface area (Å²) in [5.41, 5.74) is 4.21. The first-order valence-corrected chi connectivity index (χ1v) is 9.11. The minimum absolute atomic E-state index is 0.268. The number of amides is 1. The second-order valence-corrected chi connectivity index (χ2v) is 7.12. The molecule has 1 unspecified atom stereocenters. The molecule has 4 rings (SSSR count). The first kappa shape index (κ1) is 16.9. The first-order chi connectivity index (χ1) is 12.6. The van der Waals surface area contributed by atoms with Gasteiger partial charge < -0.3 is 15.2 Å². The Labute approximate surface area is 152 Å². The number of rotatable bonds is 2. The van der Waals surface area contributed by atoms with Crippen LogP contribution in [0.25, 0.3) is 5.69 Å². The fourth-order valence-electron chi connectivity index (χ4n) is 3.78. The predicted molar refractivity (Wildman–Crippen MR) is 97.2 cm³/mol. The van der Waals surface area contributed by atoms with Crippen LogP contribution >= 0.6 is 0 Å². The first-order valence-electron chi connectivity index (χ1n) is 9.11.